The first-order valence-electron chi connectivity index (χ1n) is 8.98. The second-order valence-electron chi connectivity index (χ2n) is 6.48. The van der Waals surface area contributed by atoms with Gasteiger partial charge in [-0.3, -0.25) is 14.7 Å². The molecule has 0 fully saturated rings. The van der Waals surface area contributed by atoms with Crippen LogP contribution in [-0.4, -0.2) is 23.0 Å². The average molecular weight is 468 g/mol. The van der Waals surface area contributed by atoms with Crippen LogP contribution < -0.4 is 9.64 Å². The number of carbonyl (C=O) groups is 1. The second-order valence-corrected chi connectivity index (χ2v) is 8.37. The fourth-order valence-corrected chi connectivity index (χ4v) is 4.48. The number of benzene rings is 2. The molecule has 7 heteroatoms. The van der Waals surface area contributed by atoms with Gasteiger partial charge < -0.3 is 4.74 Å². The summed E-state index contributed by atoms with van der Waals surface area (Å²) < 4.78 is 7.33. The molecule has 0 atom stereocenters. The van der Waals surface area contributed by atoms with E-state index < -0.39 is 0 Å². The minimum atomic E-state index is -0.132. The Labute approximate surface area is 181 Å². The van der Waals surface area contributed by atoms with Crippen molar-refractivity contribution >= 4 is 48.5 Å². The van der Waals surface area contributed by atoms with Gasteiger partial charge >= 0.3 is 0 Å². The number of nitrogens with zero attached hydrogens (tertiary/aromatic N) is 3. The highest BCUT2D eigenvalue weighted by molar-refractivity contribution is 9.10. The van der Waals surface area contributed by atoms with Crippen molar-refractivity contribution in [3.8, 4) is 5.75 Å². The first kappa shape index (κ1) is 19.5. The molecule has 4 aromatic rings. The number of pyridine rings is 1. The van der Waals surface area contributed by atoms with Crippen LogP contribution >= 0.6 is 27.3 Å². The SMILES string of the molecule is COc1ccc(C)c2sc(N(Cc3ccccn3)C(=O)c3cccc(Br)c3)nc12. The van der Waals surface area contributed by atoms with Gasteiger partial charge in [0.25, 0.3) is 5.91 Å². The predicted molar refractivity (Wildman–Crippen MR) is 120 cm³/mol. The summed E-state index contributed by atoms with van der Waals surface area (Å²) in [6.07, 6.45) is 1.72. The lowest BCUT2D eigenvalue weighted by Gasteiger charge is -2.19. The maximum atomic E-state index is 13.4. The molecule has 1 amide bonds. The fourth-order valence-electron chi connectivity index (χ4n) is 3.04. The molecule has 0 saturated heterocycles. The van der Waals surface area contributed by atoms with Crippen molar-refractivity contribution in [1.29, 1.82) is 0 Å². The molecule has 5 nitrogen and oxygen atoms in total. The van der Waals surface area contributed by atoms with Crippen LogP contribution in [0.2, 0.25) is 0 Å². The highest BCUT2D eigenvalue weighted by atomic mass is 79.9. The number of aryl methyl sites for hydroxylation is 1. The lowest BCUT2D eigenvalue weighted by molar-refractivity contribution is 0.0984. The summed E-state index contributed by atoms with van der Waals surface area (Å²) in [5.74, 6) is 0.563. The van der Waals surface area contributed by atoms with E-state index in [4.69, 9.17) is 9.72 Å². The number of halogens is 1. The van der Waals surface area contributed by atoms with Gasteiger partial charge in [-0.05, 0) is 48.9 Å². The maximum Gasteiger partial charge on any atom is 0.260 e. The summed E-state index contributed by atoms with van der Waals surface area (Å²) in [6.45, 7) is 2.36. The Kier molecular flexibility index (Phi) is 5.60. The number of ether oxygens (including phenoxy) is 1. The van der Waals surface area contributed by atoms with Crippen LogP contribution in [0.25, 0.3) is 10.2 Å². The highest BCUT2D eigenvalue weighted by Gasteiger charge is 2.23. The Morgan fingerprint density at radius 2 is 2.03 bits per heavy atom. The van der Waals surface area contributed by atoms with Crippen molar-refractivity contribution in [2.45, 2.75) is 13.5 Å². The number of hydrogen-bond acceptors (Lipinski definition) is 5. The first-order chi connectivity index (χ1) is 14.1. The van der Waals surface area contributed by atoms with E-state index in [1.165, 1.54) is 11.3 Å². The number of methoxy groups -OCH3 is 1. The molecule has 4 rings (SSSR count). The third-order valence-electron chi connectivity index (χ3n) is 4.51. The van der Waals surface area contributed by atoms with Crippen molar-refractivity contribution in [2.75, 3.05) is 12.0 Å². The first-order valence-corrected chi connectivity index (χ1v) is 10.6. The standard InChI is InChI=1S/C22H18BrN3O2S/c1-14-9-10-18(28-2)19-20(14)29-22(25-19)26(13-17-8-3-4-11-24-17)21(27)15-6-5-7-16(23)12-15/h3-12H,13H2,1-2H3. The largest absolute Gasteiger partial charge is 0.494 e. The van der Waals surface area contributed by atoms with Crippen molar-refractivity contribution in [1.82, 2.24) is 9.97 Å². The van der Waals surface area contributed by atoms with Crippen LogP contribution in [0.4, 0.5) is 5.13 Å². The number of aromatic nitrogens is 2. The molecule has 146 valence electrons. The van der Waals surface area contributed by atoms with Crippen molar-refractivity contribution in [2.24, 2.45) is 0 Å². The summed E-state index contributed by atoms with van der Waals surface area (Å²) in [6, 6.07) is 16.9. The van der Waals surface area contributed by atoms with E-state index in [-0.39, 0.29) is 5.91 Å². The van der Waals surface area contributed by atoms with Gasteiger partial charge in [0, 0.05) is 16.2 Å². The fraction of sp³-hybridized carbons (Fsp3) is 0.136. The third kappa shape index (κ3) is 4.02. The maximum absolute atomic E-state index is 13.4. The van der Waals surface area contributed by atoms with Crippen LogP contribution in [0.1, 0.15) is 21.6 Å². The number of thiazole rings is 1. The van der Waals surface area contributed by atoms with Crippen LogP contribution in [-0.2, 0) is 6.54 Å². The summed E-state index contributed by atoms with van der Waals surface area (Å²) >= 11 is 4.93. The number of rotatable bonds is 5. The minimum Gasteiger partial charge on any atom is -0.494 e. The van der Waals surface area contributed by atoms with E-state index >= 15 is 0 Å². The van der Waals surface area contributed by atoms with Gasteiger partial charge in [0.1, 0.15) is 11.3 Å². The lowest BCUT2D eigenvalue weighted by atomic mass is 10.2. The molecule has 0 N–H and O–H groups in total. The van der Waals surface area contributed by atoms with E-state index in [1.807, 2.05) is 55.5 Å². The molecule has 0 saturated carbocycles. The van der Waals surface area contributed by atoms with Crippen molar-refractivity contribution in [3.63, 3.8) is 0 Å². The zero-order valence-corrected chi connectivity index (χ0v) is 18.3. The van der Waals surface area contributed by atoms with E-state index in [0.29, 0.717) is 23.0 Å². The summed E-state index contributed by atoms with van der Waals surface area (Å²) in [7, 11) is 1.63. The number of carbonyl (C=O) groups excluding carboxylic acids is 1. The molecular weight excluding hydrogens is 450 g/mol. The normalized spacial score (nSPS) is 10.9. The Balaban J connectivity index is 1.83. The number of hydrogen-bond donors (Lipinski definition) is 0. The molecule has 0 spiro atoms. The Bertz CT molecular complexity index is 1180. The van der Waals surface area contributed by atoms with Gasteiger partial charge in [-0.1, -0.05) is 45.5 Å². The molecule has 29 heavy (non-hydrogen) atoms. The van der Waals surface area contributed by atoms with Crippen LogP contribution in [0.3, 0.4) is 0 Å². The van der Waals surface area contributed by atoms with Gasteiger partial charge in [0.15, 0.2) is 5.13 Å². The topological polar surface area (TPSA) is 55.3 Å². The summed E-state index contributed by atoms with van der Waals surface area (Å²) in [4.78, 5) is 24.3. The van der Waals surface area contributed by atoms with Crippen molar-refractivity contribution < 1.29 is 9.53 Å². The molecule has 2 aromatic carbocycles. The smallest absolute Gasteiger partial charge is 0.260 e. The molecule has 0 bridgehead atoms. The van der Waals surface area contributed by atoms with Gasteiger partial charge in [-0.15, -0.1) is 0 Å². The van der Waals surface area contributed by atoms with Crippen LogP contribution in [0, 0.1) is 6.92 Å². The molecule has 0 unspecified atom stereocenters. The molecular formula is C22H18BrN3O2S. The van der Waals surface area contributed by atoms with Crippen molar-refractivity contribution in [3.05, 3.63) is 82.1 Å². The summed E-state index contributed by atoms with van der Waals surface area (Å²) in [5, 5.41) is 0.614. The molecule has 0 aliphatic heterocycles. The number of amides is 1. The molecule has 0 aliphatic carbocycles. The minimum absolute atomic E-state index is 0.132. The van der Waals surface area contributed by atoms with Crippen LogP contribution in [0.15, 0.2) is 65.3 Å². The van der Waals surface area contributed by atoms with Gasteiger partial charge in [-0.2, -0.15) is 0 Å². The van der Waals surface area contributed by atoms with Gasteiger partial charge in [0.05, 0.1) is 24.0 Å². The predicted octanol–water partition coefficient (Wildman–Crippen LogP) is 5.62. The molecule has 0 aliphatic rings. The molecule has 0 radical (unpaired) electrons. The van der Waals surface area contributed by atoms with Gasteiger partial charge in [-0.25, -0.2) is 4.98 Å². The molecule has 2 aromatic heterocycles. The second kappa shape index (κ2) is 8.31. The Hall–Kier alpha value is -2.77. The highest BCUT2D eigenvalue weighted by Crippen LogP contribution is 2.37. The Morgan fingerprint density at radius 3 is 2.76 bits per heavy atom. The lowest BCUT2D eigenvalue weighted by Crippen LogP contribution is -2.30. The quantitative estimate of drug-likeness (QED) is 0.382. The van der Waals surface area contributed by atoms with E-state index in [9.17, 15) is 4.79 Å². The van der Waals surface area contributed by atoms with E-state index in [2.05, 4.69) is 20.9 Å². The number of anilines is 1. The summed E-state index contributed by atoms with van der Waals surface area (Å²) in [5.41, 5.74) is 3.23. The zero-order chi connectivity index (χ0) is 20.4. The van der Waals surface area contributed by atoms with Crippen LogP contribution in [0.5, 0.6) is 5.75 Å². The molecule has 2 heterocycles. The Morgan fingerprint density at radius 1 is 1.17 bits per heavy atom. The third-order valence-corrected chi connectivity index (χ3v) is 6.21. The van der Waals surface area contributed by atoms with Gasteiger partial charge in [0.2, 0.25) is 0 Å². The average Bonchev–Trinajstić information content (AvgIpc) is 3.19. The number of fused-ring (bicyclic) bond motifs is 1. The van der Waals surface area contributed by atoms with E-state index in [0.717, 1.165) is 25.9 Å². The monoisotopic (exact) mass is 467 g/mol. The van der Waals surface area contributed by atoms with E-state index in [1.54, 1.807) is 24.3 Å². The zero-order valence-electron chi connectivity index (χ0n) is 15.9.